The van der Waals surface area contributed by atoms with Gasteiger partial charge in [-0.05, 0) is 17.7 Å². The van der Waals surface area contributed by atoms with Crippen LogP contribution in [0.1, 0.15) is 12.5 Å². The summed E-state index contributed by atoms with van der Waals surface area (Å²) in [6, 6.07) is 3.64. The van der Waals surface area contributed by atoms with E-state index in [1.165, 1.54) is 21.0 Å². The molecule has 0 bridgehead atoms. The zero-order valence-corrected chi connectivity index (χ0v) is 12.7. The number of carbonyl (C=O) groups is 1. The summed E-state index contributed by atoms with van der Waals surface area (Å²) in [4.78, 5) is 17.0. The fourth-order valence-electron chi connectivity index (χ4n) is 1.50. The lowest BCUT2D eigenvalue weighted by Gasteiger charge is -2.22. The number of pyridine rings is 1. The highest BCUT2D eigenvalue weighted by atomic mass is 32.2. The summed E-state index contributed by atoms with van der Waals surface area (Å²) in [5.41, 5.74) is 0.950. The Hall–Kier alpha value is -1.51. The lowest BCUT2D eigenvalue weighted by Crippen LogP contribution is -2.41. The van der Waals surface area contributed by atoms with Crippen LogP contribution in [-0.2, 0) is 21.5 Å². The van der Waals surface area contributed by atoms with E-state index in [2.05, 4.69) is 9.71 Å². The Bertz CT molecular complexity index is 531. The molecular formula is C12H20N4O3S. The van der Waals surface area contributed by atoms with Gasteiger partial charge in [-0.2, -0.15) is 12.7 Å². The molecule has 1 N–H and O–H groups in total. The third-order valence-corrected chi connectivity index (χ3v) is 4.25. The van der Waals surface area contributed by atoms with E-state index in [4.69, 9.17) is 0 Å². The highest BCUT2D eigenvalue weighted by Crippen LogP contribution is 2.03. The van der Waals surface area contributed by atoms with Crippen LogP contribution in [0.25, 0.3) is 0 Å². The molecule has 1 heterocycles. The van der Waals surface area contributed by atoms with Crippen molar-refractivity contribution in [3.63, 3.8) is 0 Å². The van der Waals surface area contributed by atoms with Crippen molar-refractivity contribution < 1.29 is 13.2 Å². The van der Waals surface area contributed by atoms with Crippen molar-refractivity contribution in [2.24, 2.45) is 0 Å². The van der Waals surface area contributed by atoms with Gasteiger partial charge in [0.2, 0.25) is 5.91 Å². The molecule has 112 valence electrons. The minimum Gasteiger partial charge on any atom is -0.337 e. The fourth-order valence-corrected chi connectivity index (χ4v) is 2.10. The molecular weight excluding hydrogens is 280 g/mol. The second-order valence-electron chi connectivity index (χ2n) is 4.48. The van der Waals surface area contributed by atoms with Crippen LogP contribution in [0.5, 0.6) is 0 Å². The second-order valence-corrected chi connectivity index (χ2v) is 6.45. The van der Waals surface area contributed by atoms with Gasteiger partial charge in [0, 0.05) is 53.0 Å². The predicted molar refractivity (Wildman–Crippen MR) is 75.9 cm³/mol. The van der Waals surface area contributed by atoms with Crippen molar-refractivity contribution in [1.82, 2.24) is 18.9 Å². The van der Waals surface area contributed by atoms with Crippen molar-refractivity contribution in [1.29, 1.82) is 0 Å². The molecule has 0 aromatic carbocycles. The molecule has 0 radical (unpaired) electrons. The third kappa shape index (κ3) is 5.24. The summed E-state index contributed by atoms with van der Waals surface area (Å²) < 4.78 is 26.6. The monoisotopic (exact) mass is 300 g/mol. The van der Waals surface area contributed by atoms with Gasteiger partial charge in [-0.3, -0.25) is 9.78 Å². The summed E-state index contributed by atoms with van der Waals surface area (Å²) in [6.07, 6.45) is 3.31. The van der Waals surface area contributed by atoms with Gasteiger partial charge in [0.15, 0.2) is 0 Å². The van der Waals surface area contributed by atoms with Crippen LogP contribution < -0.4 is 4.72 Å². The molecule has 0 spiro atoms. The first-order valence-corrected chi connectivity index (χ1v) is 7.58. The van der Waals surface area contributed by atoms with E-state index >= 15 is 0 Å². The maximum absolute atomic E-state index is 11.6. The standard InChI is InChI=1S/C12H20N4O3S/c1-11(17)16(10-12-4-6-13-7-5-12)9-8-14-20(18,19)15(2)3/h4-7,14H,8-10H2,1-3H3. The molecule has 0 aliphatic heterocycles. The van der Waals surface area contributed by atoms with Crippen LogP contribution in [-0.4, -0.2) is 55.7 Å². The zero-order chi connectivity index (χ0) is 15.2. The molecule has 20 heavy (non-hydrogen) atoms. The van der Waals surface area contributed by atoms with Crippen LogP contribution in [0.15, 0.2) is 24.5 Å². The van der Waals surface area contributed by atoms with Crippen LogP contribution in [0.2, 0.25) is 0 Å². The second kappa shape index (κ2) is 7.32. The molecule has 8 heteroatoms. The zero-order valence-electron chi connectivity index (χ0n) is 11.9. The van der Waals surface area contributed by atoms with Gasteiger partial charge < -0.3 is 4.90 Å². The summed E-state index contributed by atoms with van der Waals surface area (Å²) in [6.45, 7) is 2.37. The summed E-state index contributed by atoms with van der Waals surface area (Å²) in [5.74, 6) is -0.106. The number of hydrogen-bond donors (Lipinski definition) is 1. The molecule has 0 aliphatic rings. The molecule has 7 nitrogen and oxygen atoms in total. The topological polar surface area (TPSA) is 82.6 Å². The van der Waals surface area contributed by atoms with Crippen LogP contribution >= 0.6 is 0 Å². The Kier molecular flexibility index (Phi) is 6.05. The van der Waals surface area contributed by atoms with Gasteiger partial charge >= 0.3 is 0 Å². The first kappa shape index (κ1) is 16.5. The van der Waals surface area contributed by atoms with E-state index in [1.54, 1.807) is 17.3 Å². The predicted octanol–water partition coefficient (Wildman–Crippen LogP) is -0.174. The number of nitrogens with one attached hydrogen (secondary N) is 1. The number of hydrogen-bond acceptors (Lipinski definition) is 4. The molecule has 0 fully saturated rings. The van der Waals surface area contributed by atoms with Gasteiger partial charge in [-0.25, -0.2) is 4.72 Å². The molecule has 1 aromatic heterocycles. The minimum absolute atomic E-state index is 0.106. The molecule has 0 saturated heterocycles. The molecule has 0 atom stereocenters. The van der Waals surface area contributed by atoms with Crippen LogP contribution in [0.3, 0.4) is 0 Å². The number of rotatable bonds is 7. The van der Waals surface area contributed by atoms with Gasteiger partial charge in [0.1, 0.15) is 0 Å². The normalized spacial score (nSPS) is 11.6. The Morgan fingerprint density at radius 2 is 1.90 bits per heavy atom. The summed E-state index contributed by atoms with van der Waals surface area (Å²) in [7, 11) is -0.564. The number of amides is 1. The summed E-state index contributed by atoms with van der Waals surface area (Å²) in [5, 5.41) is 0. The Labute approximate surface area is 119 Å². The van der Waals surface area contributed by atoms with Crippen molar-refractivity contribution >= 4 is 16.1 Å². The molecule has 0 unspecified atom stereocenters. The van der Waals surface area contributed by atoms with E-state index in [-0.39, 0.29) is 12.5 Å². The largest absolute Gasteiger partial charge is 0.337 e. The van der Waals surface area contributed by atoms with Gasteiger partial charge in [0.25, 0.3) is 10.2 Å². The molecule has 1 amide bonds. The van der Waals surface area contributed by atoms with Crippen molar-refractivity contribution in [2.45, 2.75) is 13.5 Å². The van der Waals surface area contributed by atoms with E-state index in [0.717, 1.165) is 9.87 Å². The van der Waals surface area contributed by atoms with E-state index in [1.807, 2.05) is 12.1 Å². The maximum Gasteiger partial charge on any atom is 0.278 e. The first-order valence-electron chi connectivity index (χ1n) is 6.14. The Balaban J connectivity index is 2.55. The van der Waals surface area contributed by atoms with Gasteiger partial charge in [-0.1, -0.05) is 0 Å². The average molecular weight is 300 g/mol. The van der Waals surface area contributed by atoms with Crippen LogP contribution in [0.4, 0.5) is 0 Å². The maximum atomic E-state index is 11.6. The fraction of sp³-hybridized carbons (Fsp3) is 0.500. The lowest BCUT2D eigenvalue weighted by molar-refractivity contribution is -0.129. The Morgan fingerprint density at radius 3 is 2.40 bits per heavy atom. The first-order chi connectivity index (χ1) is 9.33. The highest BCUT2D eigenvalue weighted by molar-refractivity contribution is 7.87. The van der Waals surface area contributed by atoms with Crippen LogP contribution in [0, 0.1) is 0 Å². The number of nitrogens with zero attached hydrogens (tertiary/aromatic N) is 3. The van der Waals surface area contributed by atoms with Gasteiger partial charge in [0.05, 0.1) is 0 Å². The average Bonchev–Trinajstić information content (AvgIpc) is 2.38. The van der Waals surface area contributed by atoms with E-state index < -0.39 is 10.2 Å². The van der Waals surface area contributed by atoms with Crippen molar-refractivity contribution in [3.8, 4) is 0 Å². The minimum atomic E-state index is -3.46. The molecule has 1 aromatic rings. The number of carbonyl (C=O) groups excluding carboxylic acids is 1. The molecule has 0 aliphatic carbocycles. The third-order valence-electron chi connectivity index (χ3n) is 2.72. The van der Waals surface area contributed by atoms with Crippen molar-refractivity contribution in [3.05, 3.63) is 30.1 Å². The summed E-state index contributed by atoms with van der Waals surface area (Å²) >= 11 is 0. The lowest BCUT2D eigenvalue weighted by atomic mass is 10.2. The molecule has 1 rings (SSSR count). The van der Waals surface area contributed by atoms with Crippen molar-refractivity contribution in [2.75, 3.05) is 27.2 Å². The smallest absolute Gasteiger partial charge is 0.278 e. The highest BCUT2D eigenvalue weighted by Gasteiger charge is 2.14. The molecule has 0 saturated carbocycles. The SMILES string of the molecule is CC(=O)N(CCNS(=O)(=O)N(C)C)Cc1ccncc1. The quantitative estimate of drug-likeness (QED) is 0.757. The van der Waals surface area contributed by atoms with E-state index in [0.29, 0.717) is 13.1 Å². The van der Waals surface area contributed by atoms with E-state index in [9.17, 15) is 13.2 Å². The Morgan fingerprint density at radius 1 is 1.30 bits per heavy atom. The number of aromatic nitrogens is 1. The van der Waals surface area contributed by atoms with Gasteiger partial charge in [-0.15, -0.1) is 0 Å².